The maximum atomic E-state index is 7.95. The first kappa shape index (κ1) is 32.8. The van der Waals surface area contributed by atoms with Crippen molar-refractivity contribution in [2.75, 3.05) is 0 Å². The Hall–Kier alpha value is -4.78. The summed E-state index contributed by atoms with van der Waals surface area (Å²) in [4.78, 5) is 14.0. The average molecular weight is 905 g/mol. The topological polar surface area (TPSA) is 51.8 Å². The van der Waals surface area contributed by atoms with Crippen LogP contribution in [0.3, 0.4) is 0 Å². The van der Waals surface area contributed by atoms with Crippen molar-refractivity contribution in [1.82, 2.24) is 15.0 Å². The van der Waals surface area contributed by atoms with Gasteiger partial charge in [0.2, 0.25) is 5.71 Å². The Morgan fingerprint density at radius 3 is 2.26 bits per heavy atom. The third-order valence-electron chi connectivity index (χ3n) is 9.69. The Morgan fingerprint density at radius 2 is 1.53 bits per heavy atom. The monoisotopic (exact) mass is 905 g/mol. The molecular formula is C46H39IrN3OSSi-2. The second-order valence-electron chi connectivity index (χ2n) is 14.5. The van der Waals surface area contributed by atoms with Crippen LogP contribution in [0.4, 0.5) is 0 Å². The van der Waals surface area contributed by atoms with Crippen molar-refractivity contribution in [3.63, 3.8) is 0 Å². The summed E-state index contributed by atoms with van der Waals surface area (Å²) < 4.78 is 32.1. The Balaban J connectivity index is 0.000000169. The molecule has 0 aliphatic heterocycles. The van der Waals surface area contributed by atoms with E-state index in [2.05, 4.69) is 93.1 Å². The molecule has 0 saturated heterocycles. The molecule has 9 aromatic rings. The minimum absolute atomic E-state index is 0. The minimum Gasteiger partial charge on any atom is -0.486 e. The molecule has 0 aliphatic carbocycles. The molecule has 4 nitrogen and oxygen atoms in total. The average Bonchev–Trinajstić information content (AvgIpc) is 3.76. The van der Waals surface area contributed by atoms with Crippen LogP contribution < -0.4 is 5.19 Å². The third-order valence-corrected chi connectivity index (χ3v) is 12.9. The summed E-state index contributed by atoms with van der Waals surface area (Å²) >= 11 is 1.61. The van der Waals surface area contributed by atoms with Gasteiger partial charge in [0.25, 0.3) is 0 Å². The predicted molar refractivity (Wildman–Crippen MR) is 221 cm³/mol. The summed E-state index contributed by atoms with van der Waals surface area (Å²) in [6.07, 6.45) is 3.75. The van der Waals surface area contributed by atoms with Gasteiger partial charge in [0, 0.05) is 52.1 Å². The number of rotatable bonds is 5. The molecule has 0 saturated carbocycles. The third kappa shape index (κ3) is 6.91. The van der Waals surface area contributed by atoms with Crippen molar-refractivity contribution in [3.05, 3.63) is 157 Å². The van der Waals surface area contributed by atoms with Crippen molar-refractivity contribution < 1.29 is 28.6 Å². The molecule has 0 bridgehead atoms. The first-order chi connectivity index (χ1) is 26.3. The summed E-state index contributed by atoms with van der Waals surface area (Å²) in [5, 5.41) is 5.13. The van der Waals surface area contributed by atoms with Gasteiger partial charge < -0.3 is 14.4 Å². The predicted octanol–water partition coefficient (Wildman–Crippen LogP) is 11.9. The number of nitrogens with zero attached hydrogens (tertiary/aromatic N) is 3. The maximum absolute atomic E-state index is 7.95. The second-order valence-corrected chi connectivity index (χ2v) is 20.6. The fourth-order valence-electron chi connectivity index (χ4n) is 6.62. The van der Waals surface area contributed by atoms with E-state index in [1.165, 1.54) is 10.8 Å². The van der Waals surface area contributed by atoms with Crippen molar-refractivity contribution >= 4 is 66.8 Å². The van der Waals surface area contributed by atoms with Gasteiger partial charge in [0.15, 0.2) is 0 Å². The first-order valence-electron chi connectivity index (χ1n) is 18.9. The standard InChI is InChI=1S/C25H19N2O.C21H20NSSi.Ir/c1-25(2,17-9-4-3-5-10-17)22-15-14-19-18-11-8-12-20(21-13-6-7-16-26-21)23(18)28-24(19)27-22;1-14-9-11-16(18-12-10-15(13-22-18)24(2,3)4)21-20(14)17-7-5-6-8-19(17)23-21;/h3-11,13-16H,1-2H3;5-10,12-13H,1-4H3;/q2*-1;/i;1D3;. The number of fused-ring (bicyclic) bond motifs is 6. The van der Waals surface area contributed by atoms with Crippen molar-refractivity contribution in [2.24, 2.45) is 0 Å². The van der Waals surface area contributed by atoms with Gasteiger partial charge in [-0.25, -0.2) is 4.98 Å². The van der Waals surface area contributed by atoms with Crippen molar-refractivity contribution in [1.29, 1.82) is 0 Å². The first-order valence-corrected chi connectivity index (χ1v) is 21.7. The number of benzene rings is 4. The van der Waals surface area contributed by atoms with Crippen LogP contribution in [0.5, 0.6) is 0 Å². The SMILES string of the molecule is CC(C)(c1ccccc1)c1ccc2c(n1)oc1c(-c3ccccn3)[c-]ccc12.[2H]C([2H])([2H])c1c[c-]c(-c2ccc([Si](C)(C)C)cn2)c2sc3ccccc3c12.[Ir]. The number of pyridine rings is 3. The quantitative estimate of drug-likeness (QED) is 0.128. The van der Waals surface area contributed by atoms with Gasteiger partial charge in [-0.15, -0.1) is 41.5 Å². The Labute approximate surface area is 333 Å². The number of thiophene rings is 1. The molecular weight excluding hydrogens is 863 g/mol. The van der Waals surface area contributed by atoms with Gasteiger partial charge in [0.1, 0.15) is 0 Å². The number of furan rings is 1. The van der Waals surface area contributed by atoms with Gasteiger partial charge in [-0.2, -0.15) is 11.3 Å². The van der Waals surface area contributed by atoms with Crippen LogP contribution in [0.1, 0.15) is 34.8 Å². The van der Waals surface area contributed by atoms with Gasteiger partial charge in [-0.3, -0.25) is 0 Å². The molecule has 265 valence electrons. The number of aryl methyl sites for hydroxylation is 1. The number of hydrogen-bond acceptors (Lipinski definition) is 5. The molecule has 0 atom stereocenters. The summed E-state index contributed by atoms with van der Waals surface area (Å²) in [7, 11) is -1.42. The summed E-state index contributed by atoms with van der Waals surface area (Å²) in [6, 6.07) is 44.7. The van der Waals surface area contributed by atoms with E-state index in [0.717, 1.165) is 64.7 Å². The molecule has 9 rings (SSSR count). The summed E-state index contributed by atoms with van der Waals surface area (Å²) in [5.41, 5.74) is 7.19. The van der Waals surface area contributed by atoms with Crippen LogP contribution in [0.25, 0.3) is 64.8 Å². The fraction of sp³-hybridized carbons (Fsp3) is 0.152. The number of hydrogen-bond donors (Lipinski definition) is 0. The van der Waals surface area contributed by atoms with Crippen molar-refractivity contribution in [2.45, 2.75) is 45.8 Å². The Bertz CT molecular complexity index is 2810. The van der Waals surface area contributed by atoms with Crippen LogP contribution in [0.15, 0.2) is 132 Å². The van der Waals surface area contributed by atoms with E-state index < -0.39 is 14.9 Å². The molecule has 1 radical (unpaired) electrons. The normalized spacial score (nSPS) is 12.9. The molecule has 0 amide bonds. The van der Waals surface area contributed by atoms with E-state index in [-0.39, 0.29) is 25.5 Å². The Morgan fingerprint density at radius 1 is 0.755 bits per heavy atom. The zero-order valence-corrected chi connectivity index (χ0v) is 34.3. The van der Waals surface area contributed by atoms with E-state index >= 15 is 0 Å². The molecule has 5 aromatic heterocycles. The van der Waals surface area contributed by atoms with Crippen LogP contribution in [-0.4, -0.2) is 23.0 Å². The summed E-state index contributed by atoms with van der Waals surface area (Å²) in [6.45, 7) is 9.09. The fourth-order valence-corrected chi connectivity index (χ4v) is 8.89. The van der Waals surface area contributed by atoms with Gasteiger partial charge in [-0.1, -0.05) is 129 Å². The van der Waals surface area contributed by atoms with Crippen LogP contribution in [0.2, 0.25) is 19.6 Å². The van der Waals surface area contributed by atoms with E-state index in [1.54, 1.807) is 23.6 Å². The number of aromatic nitrogens is 3. The minimum atomic E-state index is -2.17. The second kappa shape index (κ2) is 14.6. The van der Waals surface area contributed by atoms with Crippen LogP contribution >= 0.6 is 11.3 Å². The van der Waals surface area contributed by atoms with Crippen LogP contribution in [0, 0.1) is 19.0 Å². The smallest absolute Gasteiger partial charge is 0.216 e. The molecule has 5 heterocycles. The zero-order valence-electron chi connectivity index (χ0n) is 33.1. The van der Waals surface area contributed by atoms with E-state index in [9.17, 15) is 0 Å². The van der Waals surface area contributed by atoms with Crippen LogP contribution in [-0.2, 0) is 25.5 Å². The van der Waals surface area contributed by atoms with Crippen molar-refractivity contribution in [3.8, 4) is 22.5 Å². The van der Waals surface area contributed by atoms with E-state index in [4.69, 9.17) is 18.5 Å². The van der Waals surface area contributed by atoms with Gasteiger partial charge in [-0.05, 0) is 56.5 Å². The molecule has 0 fully saturated rings. The van der Waals surface area contributed by atoms with Gasteiger partial charge in [0.05, 0.1) is 19.4 Å². The Kier molecular flexibility index (Phi) is 9.02. The molecule has 0 unspecified atom stereocenters. The maximum Gasteiger partial charge on any atom is 0.216 e. The largest absolute Gasteiger partial charge is 0.486 e. The molecule has 0 spiro atoms. The molecule has 0 N–H and O–H groups in total. The molecule has 4 aromatic carbocycles. The molecule has 53 heavy (non-hydrogen) atoms. The van der Waals surface area contributed by atoms with E-state index in [1.807, 2.05) is 72.9 Å². The zero-order chi connectivity index (χ0) is 38.5. The van der Waals surface area contributed by atoms with Gasteiger partial charge >= 0.3 is 0 Å². The molecule has 0 aliphatic rings. The summed E-state index contributed by atoms with van der Waals surface area (Å²) in [5.74, 6) is 0. The van der Waals surface area contributed by atoms with E-state index in [0.29, 0.717) is 11.3 Å². The molecule has 7 heteroatoms.